The fourth-order valence-corrected chi connectivity index (χ4v) is 6.76. The number of carbonyl (C=O) groups excluding carboxylic acids is 2. The third-order valence-electron chi connectivity index (χ3n) is 8.61. The summed E-state index contributed by atoms with van der Waals surface area (Å²) >= 11 is 0. The molecule has 3 aromatic carbocycles. The van der Waals surface area contributed by atoms with Gasteiger partial charge < -0.3 is 19.9 Å². The summed E-state index contributed by atoms with van der Waals surface area (Å²) in [6.07, 6.45) is 3.90. The first-order valence-electron chi connectivity index (χ1n) is 14.0. The van der Waals surface area contributed by atoms with Gasteiger partial charge in [0.2, 0.25) is 11.8 Å². The number of allylic oxidation sites excluding steroid dienone is 2. The van der Waals surface area contributed by atoms with E-state index in [-0.39, 0.29) is 35.0 Å². The van der Waals surface area contributed by atoms with Crippen molar-refractivity contribution in [3.8, 4) is 5.75 Å². The zero-order valence-electron chi connectivity index (χ0n) is 22.8. The van der Waals surface area contributed by atoms with Gasteiger partial charge in [0.05, 0.1) is 30.2 Å². The SMILES string of the molecule is CC1=C2[C@@H](CC/C(=C/c3cccc(O)c3)c3ccccc3)OC[C@@H]2[C@@H]2C(=O)N(c3cccc(B(O)O)c3)C(=O)[C@@H]2C1. The molecule has 3 aliphatic rings. The molecule has 208 valence electrons. The Morgan fingerprint density at radius 1 is 0.976 bits per heavy atom. The molecule has 0 unspecified atom stereocenters. The average Bonchev–Trinajstić information content (AvgIpc) is 3.50. The number of hydrogen-bond donors (Lipinski definition) is 3. The summed E-state index contributed by atoms with van der Waals surface area (Å²) in [6, 6.07) is 23.6. The maximum Gasteiger partial charge on any atom is 0.488 e. The number of carbonyl (C=O) groups is 2. The number of rotatable bonds is 7. The van der Waals surface area contributed by atoms with E-state index in [0.29, 0.717) is 18.7 Å². The van der Waals surface area contributed by atoms with Gasteiger partial charge in [-0.1, -0.05) is 66.2 Å². The number of nitrogens with zero attached hydrogens (tertiary/aromatic N) is 1. The quantitative estimate of drug-likeness (QED) is 0.179. The van der Waals surface area contributed by atoms with Gasteiger partial charge >= 0.3 is 7.12 Å². The third-order valence-corrected chi connectivity index (χ3v) is 8.61. The van der Waals surface area contributed by atoms with Crippen LogP contribution in [0.4, 0.5) is 5.69 Å². The predicted molar refractivity (Wildman–Crippen MR) is 158 cm³/mol. The number of ether oxygens (including phenoxy) is 1. The number of hydrogen-bond acceptors (Lipinski definition) is 6. The van der Waals surface area contributed by atoms with Gasteiger partial charge in [0, 0.05) is 5.92 Å². The molecule has 2 heterocycles. The lowest BCUT2D eigenvalue weighted by molar-refractivity contribution is -0.122. The smallest absolute Gasteiger partial charge is 0.488 e. The Balaban J connectivity index is 1.24. The zero-order chi connectivity index (χ0) is 28.7. The Kier molecular flexibility index (Phi) is 7.38. The molecule has 1 aliphatic carbocycles. The second-order valence-electron chi connectivity index (χ2n) is 11.2. The first kappa shape index (κ1) is 27.2. The van der Waals surface area contributed by atoms with Crippen molar-refractivity contribution >= 4 is 41.7 Å². The highest BCUT2D eigenvalue weighted by Gasteiger charge is 2.56. The molecule has 0 saturated carbocycles. The number of aromatic hydroxyl groups is 1. The van der Waals surface area contributed by atoms with Crippen molar-refractivity contribution < 1.29 is 29.5 Å². The first-order chi connectivity index (χ1) is 19.8. The van der Waals surface area contributed by atoms with Gasteiger partial charge in [0.25, 0.3) is 0 Å². The van der Waals surface area contributed by atoms with Crippen molar-refractivity contribution in [2.45, 2.75) is 32.3 Å². The van der Waals surface area contributed by atoms with E-state index in [9.17, 15) is 24.7 Å². The molecule has 0 bridgehead atoms. The molecule has 2 aliphatic heterocycles. The van der Waals surface area contributed by atoms with Gasteiger partial charge in [0.15, 0.2) is 0 Å². The van der Waals surface area contributed by atoms with Crippen molar-refractivity contribution in [2.24, 2.45) is 17.8 Å². The summed E-state index contributed by atoms with van der Waals surface area (Å²) in [4.78, 5) is 28.5. The summed E-state index contributed by atoms with van der Waals surface area (Å²) in [6.45, 7) is 2.43. The van der Waals surface area contributed by atoms with Crippen molar-refractivity contribution in [2.75, 3.05) is 11.5 Å². The standard InChI is InChI=1S/C33H32BNO6/c1-20-15-27-31(33(38)35(32(27)37)25-11-6-10-24(18-25)34(39)40)28-19-41-29(30(20)28)14-13-23(22-8-3-2-4-9-22)16-21-7-5-12-26(36)17-21/h2-12,16-18,27-29,31,36,39-40H,13-15,19H2,1H3/b23-16-/t27-,28+,29-,31-/m1/s1. The van der Waals surface area contributed by atoms with Crippen LogP contribution < -0.4 is 10.4 Å². The Bertz CT molecular complexity index is 1550. The van der Waals surface area contributed by atoms with Crippen molar-refractivity contribution in [1.29, 1.82) is 0 Å². The average molecular weight is 549 g/mol. The number of phenolic OH excluding ortho intramolecular Hbond substituents is 1. The maximum atomic E-state index is 13.7. The second kappa shape index (κ2) is 11.1. The zero-order valence-corrected chi connectivity index (χ0v) is 22.8. The third kappa shape index (κ3) is 5.15. The van der Waals surface area contributed by atoms with Crippen molar-refractivity contribution in [3.05, 3.63) is 101 Å². The van der Waals surface area contributed by atoms with Gasteiger partial charge in [-0.05, 0) is 78.2 Å². The van der Waals surface area contributed by atoms with E-state index in [4.69, 9.17) is 4.74 Å². The van der Waals surface area contributed by atoms with E-state index < -0.39 is 19.0 Å². The lowest BCUT2D eigenvalue weighted by Crippen LogP contribution is -2.35. The van der Waals surface area contributed by atoms with Crippen LogP contribution in [0, 0.1) is 17.8 Å². The summed E-state index contributed by atoms with van der Waals surface area (Å²) in [7, 11) is -1.69. The van der Waals surface area contributed by atoms with Gasteiger partial charge in [-0.15, -0.1) is 0 Å². The molecule has 2 saturated heterocycles. The number of fused-ring (bicyclic) bond motifs is 3. The Labute approximate surface area is 239 Å². The van der Waals surface area contributed by atoms with E-state index in [0.717, 1.165) is 40.7 Å². The summed E-state index contributed by atoms with van der Waals surface area (Å²) in [5.74, 6) is -1.39. The normalized spacial score (nSPS) is 24.1. The maximum absolute atomic E-state index is 13.7. The van der Waals surface area contributed by atoms with Crippen LogP contribution in [0.5, 0.6) is 5.75 Å². The molecule has 41 heavy (non-hydrogen) atoms. The Hall–Kier alpha value is -3.98. The number of amides is 2. The minimum atomic E-state index is -1.69. The van der Waals surface area contributed by atoms with Gasteiger partial charge in [0.1, 0.15) is 5.75 Å². The molecule has 4 atom stereocenters. The molecule has 2 amide bonds. The number of imide groups is 1. The molecule has 0 aromatic heterocycles. The van der Waals surface area contributed by atoms with Crippen LogP contribution in [0.3, 0.4) is 0 Å². The van der Waals surface area contributed by atoms with Crippen LogP contribution in [0.1, 0.15) is 37.3 Å². The number of phenols is 1. The molecule has 7 nitrogen and oxygen atoms in total. The molecule has 6 rings (SSSR count). The van der Waals surface area contributed by atoms with Crippen LogP contribution >= 0.6 is 0 Å². The molecule has 3 aromatic rings. The van der Waals surface area contributed by atoms with Gasteiger partial charge in [-0.3, -0.25) is 14.5 Å². The highest BCUT2D eigenvalue weighted by molar-refractivity contribution is 6.58. The van der Waals surface area contributed by atoms with Crippen LogP contribution in [0.25, 0.3) is 11.6 Å². The predicted octanol–water partition coefficient (Wildman–Crippen LogP) is 3.93. The van der Waals surface area contributed by atoms with Crippen molar-refractivity contribution in [1.82, 2.24) is 0 Å². The van der Waals surface area contributed by atoms with E-state index in [1.165, 1.54) is 11.0 Å². The Morgan fingerprint density at radius 2 is 1.76 bits per heavy atom. The highest BCUT2D eigenvalue weighted by atomic mass is 16.5. The molecule has 8 heteroatoms. The van der Waals surface area contributed by atoms with Crippen LogP contribution in [0.2, 0.25) is 0 Å². The van der Waals surface area contributed by atoms with Gasteiger partial charge in [-0.25, -0.2) is 0 Å². The van der Waals surface area contributed by atoms with Crippen molar-refractivity contribution in [3.63, 3.8) is 0 Å². The van der Waals surface area contributed by atoms with E-state index in [2.05, 4.69) is 18.2 Å². The molecule has 0 spiro atoms. The van der Waals surface area contributed by atoms with E-state index in [1.807, 2.05) is 37.3 Å². The number of benzene rings is 3. The molecule has 2 fully saturated rings. The van der Waals surface area contributed by atoms with Crippen LogP contribution in [-0.4, -0.2) is 46.8 Å². The van der Waals surface area contributed by atoms with E-state index in [1.54, 1.807) is 30.3 Å². The van der Waals surface area contributed by atoms with Gasteiger partial charge in [-0.2, -0.15) is 0 Å². The summed E-state index contributed by atoms with van der Waals surface area (Å²) < 4.78 is 6.34. The molecular formula is C33H32BNO6. The number of anilines is 1. The topological polar surface area (TPSA) is 107 Å². The summed E-state index contributed by atoms with van der Waals surface area (Å²) in [5, 5.41) is 29.2. The lowest BCUT2D eigenvalue weighted by Gasteiger charge is -2.30. The van der Waals surface area contributed by atoms with Crippen LogP contribution in [0.15, 0.2) is 90.0 Å². The monoisotopic (exact) mass is 549 g/mol. The fraction of sp³-hybridized carbons (Fsp3) is 0.273. The molecule has 3 N–H and O–H groups in total. The summed E-state index contributed by atoms with van der Waals surface area (Å²) in [5.41, 5.74) is 5.97. The fourth-order valence-electron chi connectivity index (χ4n) is 6.76. The molecular weight excluding hydrogens is 517 g/mol. The second-order valence-corrected chi connectivity index (χ2v) is 11.2. The lowest BCUT2D eigenvalue weighted by atomic mass is 9.70. The van der Waals surface area contributed by atoms with E-state index >= 15 is 0 Å². The van der Waals surface area contributed by atoms with Crippen LogP contribution in [-0.2, 0) is 14.3 Å². The first-order valence-corrected chi connectivity index (χ1v) is 14.0. The Morgan fingerprint density at radius 3 is 2.51 bits per heavy atom. The largest absolute Gasteiger partial charge is 0.508 e. The molecule has 0 radical (unpaired) electrons. The minimum Gasteiger partial charge on any atom is -0.508 e. The highest BCUT2D eigenvalue weighted by Crippen LogP contribution is 2.50. The minimum absolute atomic E-state index is 0.151.